The number of benzene rings is 2. The van der Waals surface area contributed by atoms with Crippen molar-refractivity contribution < 1.29 is 0 Å². The summed E-state index contributed by atoms with van der Waals surface area (Å²) in [7, 11) is 0. The van der Waals surface area contributed by atoms with Gasteiger partial charge in [-0.05, 0) is 43.2 Å². The molecule has 0 aliphatic carbocycles. The fourth-order valence-corrected chi connectivity index (χ4v) is 3.58. The van der Waals surface area contributed by atoms with Crippen molar-refractivity contribution in [2.24, 2.45) is 0 Å². The normalized spacial score (nSPS) is 11.3. The van der Waals surface area contributed by atoms with Gasteiger partial charge in [0.05, 0.1) is 18.4 Å². The molecule has 0 radical (unpaired) electrons. The van der Waals surface area contributed by atoms with Gasteiger partial charge in [-0.2, -0.15) is 5.10 Å². The molecule has 0 unspecified atom stereocenters. The Bertz CT molecular complexity index is 1230. The van der Waals surface area contributed by atoms with Crippen molar-refractivity contribution >= 4 is 34.2 Å². The average molecular weight is 399 g/mol. The molecule has 2 aromatic heterocycles. The first kappa shape index (κ1) is 17.8. The largest absolute Gasteiger partial charge is 0.294 e. The summed E-state index contributed by atoms with van der Waals surface area (Å²) in [6.45, 7) is 4.36. The highest BCUT2D eigenvalue weighted by Gasteiger charge is 2.13. The van der Waals surface area contributed by atoms with Crippen molar-refractivity contribution in [3.63, 3.8) is 0 Å². The zero-order valence-electron chi connectivity index (χ0n) is 14.8. The van der Waals surface area contributed by atoms with Crippen LogP contribution in [0.2, 0.25) is 10.0 Å². The predicted octanol–water partition coefficient (Wildman–Crippen LogP) is 4.55. The topological polar surface area (TPSA) is 52.7 Å². The summed E-state index contributed by atoms with van der Waals surface area (Å²) in [4.78, 5) is 17.4. The second-order valence-electron chi connectivity index (χ2n) is 6.50. The highest BCUT2D eigenvalue weighted by Crippen LogP contribution is 2.22. The lowest BCUT2D eigenvalue weighted by Gasteiger charge is -2.09. The fourth-order valence-electron chi connectivity index (χ4n) is 3.11. The van der Waals surface area contributed by atoms with Gasteiger partial charge in [0.25, 0.3) is 5.56 Å². The third-order valence-electron chi connectivity index (χ3n) is 4.49. The Balaban J connectivity index is 1.79. The molecule has 0 fully saturated rings. The monoisotopic (exact) mass is 398 g/mol. The molecule has 2 aromatic carbocycles. The van der Waals surface area contributed by atoms with Gasteiger partial charge in [-0.15, -0.1) is 0 Å². The summed E-state index contributed by atoms with van der Waals surface area (Å²) in [5.41, 5.74) is 4.31. The van der Waals surface area contributed by atoms with E-state index in [4.69, 9.17) is 23.2 Å². The van der Waals surface area contributed by atoms with E-state index in [0.717, 1.165) is 16.8 Å². The predicted molar refractivity (Wildman–Crippen MR) is 108 cm³/mol. The van der Waals surface area contributed by atoms with E-state index in [0.29, 0.717) is 27.6 Å². The third kappa shape index (κ3) is 3.24. The molecule has 2 heterocycles. The SMILES string of the molecule is Cc1ccc(-n2ncc3c(=O)n(Cc4ccc(Cl)cc4Cl)cnc32)c(C)c1. The highest BCUT2D eigenvalue weighted by atomic mass is 35.5. The molecule has 5 nitrogen and oxygen atoms in total. The van der Waals surface area contributed by atoms with Crippen molar-refractivity contribution in [3.8, 4) is 5.69 Å². The van der Waals surface area contributed by atoms with Crippen molar-refractivity contribution in [2.45, 2.75) is 20.4 Å². The van der Waals surface area contributed by atoms with Gasteiger partial charge in [-0.1, -0.05) is 47.0 Å². The molecule has 0 aliphatic heterocycles. The molecule has 0 aliphatic rings. The van der Waals surface area contributed by atoms with E-state index in [1.165, 1.54) is 16.5 Å². The zero-order valence-corrected chi connectivity index (χ0v) is 16.3. The number of fused-ring (bicyclic) bond motifs is 1. The van der Waals surface area contributed by atoms with Gasteiger partial charge in [0.1, 0.15) is 11.7 Å². The molecular formula is C20H16Cl2N4O. The summed E-state index contributed by atoms with van der Waals surface area (Å²) < 4.78 is 3.22. The Hall–Kier alpha value is -2.63. The average Bonchev–Trinajstić information content (AvgIpc) is 3.04. The first-order valence-corrected chi connectivity index (χ1v) is 9.14. The molecule has 4 rings (SSSR count). The van der Waals surface area contributed by atoms with Crippen LogP contribution in [0.3, 0.4) is 0 Å². The maximum absolute atomic E-state index is 12.9. The van der Waals surface area contributed by atoms with Gasteiger partial charge in [-0.25, -0.2) is 9.67 Å². The summed E-state index contributed by atoms with van der Waals surface area (Å²) in [5.74, 6) is 0. The summed E-state index contributed by atoms with van der Waals surface area (Å²) >= 11 is 12.2. The molecule has 136 valence electrons. The van der Waals surface area contributed by atoms with E-state index >= 15 is 0 Å². The Morgan fingerprint density at radius 2 is 1.89 bits per heavy atom. The highest BCUT2D eigenvalue weighted by molar-refractivity contribution is 6.35. The summed E-state index contributed by atoms with van der Waals surface area (Å²) in [6.07, 6.45) is 3.08. The molecule has 0 saturated heterocycles. The minimum atomic E-state index is -0.165. The lowest BCUT2D eigenvalue weighted by Crippen LogP contribution is -2.21. The van der Waals surface area contributed by atoms with Gasteiger partial charge in [-0.3, -0.25) is 9.36 Å². The molecule has 4 aromatic rings. The molecule has 0 bridgehead atoms. The number of aryl methyl sites for hydroxylation is 2. The first-order chi connectivity index (χ1) is 12.9. The van der Waals surface area contributed by atoms with E-state index < -0.39 is 0 Å². The molecule has 0 atom stereocenters. The molecule has 0 amide bonds. The quantitative estimate of drug-likeness (QED) is 0.508. The van der Waals surface area contributed by atoms with Crippen LogP contribution in [0.25, 0.3) is 16.7 Å². The summed E-state index contributed by atoms with van der Waals surface area (Å²) in [5, 5.41) is 5.92. The van der Waals surface area contributed by atoms with Crippen LogP contribution in [-0.4, -0.2) is 19.3 Å². The molecule has 7 heteroatoms. The first-order valence-electron chi connectivity index (χ1n) is 8.39. The maximum Gasteiger partial charge on any atom is 0.264 e. The van der Waals surface area contributed by atoms with Gasteiger partial charge >= 0.3 is 0 Å². The van der Waals surface area contributed by atoms with Crippen LogP contribution in [0.4, 0.5) is 0 Å². The van der Waals surface area contributed by atoms with Crippen molar-refractivity contribution in [1.29, 1.82) is 0 Å². The molecule has 0 N–H and O–H groups in total. The van der Waals surface area contributed by atoms with Crippen LogP contribution in [0.15, 0.2) is 53.7 Å². The molecule has 27 heavy (non-hydrogen) atoms. The minimum absolute atomic E-state index is 0.165. The van der Waals surface area contributed by atoms with E-state index in [9.17, 15) is 4.79 Å². The second kappa shape index (κ2) is 6.83. The van der Waals surface area contributed by atoms with Gasteiger partial charge in [0.2, 0.25) is 0 Å². The second-order valence-corrected chi connectivity index (χ2v) is 7.34. The number of halogens is 2. The Morgan fingerprint density at radius 1 is 1.07 bits per heavy atom. The van der Waals surface area contributed by atoms with Crippen molar-refractivity contribution in [2.75, 3.05) is 0 Å². The Kier molecular flexibility index (Phi) is 4.50. The van der Waals surface area contributed by atoms with E-state index in [1.807, 2.05) is 26.0 Å². The van der Waals surface area contributed by atoms with Crippen LogP contribution in [0.1, 0.15) is 16.7 Å². The van der Waals surface area contributed by atoms with Gasteiger partial charge in [0.15, 0.2) is 5.65 Å². The molecular weight excluding hydrogens is 383 g/mol. The van der Waals surface area contributed by atoms with Crippen LogP contribution in [-0.2, 0) is 6.54 Å². The van der Waals surface area contributed by atoms with Crippen LogP contribution in [0.5, 0.6) is 0 Å². The number of nitrogens with zero attached hydrogens (tertiary/aromatic N) is 4. The van der Waals surface area contributed by atoms with Crippen LogP contribution < -0.4 is 5.56 Å². The van der Waals surface area contributed by atoms with Crippen LogP contribution in [0, 0.1) is 13.8 Å². The lowest BCUT2D eigenvalue weighted by atomic mass is 10.1. The van der Waals surface area contributed by atoms with Crippen molar-refractivity contribution in [1.82, 2.24) is 19.3 Å². The van der Waals surface area contributed by atoms with E-state index in [1.54, 1.807) is 29.1 Å². The number of hydrogen-bond acceptors (Lipinski definition) is 3. The summed E-state index contributed by atoms with van der Waals surface area (Å²) in [6, 6.07) is 11.3. The van der Waals surface area contributed by atoms with Crippen LogP contribution >= 0.6 is 23.2 Å². The lowest BCUT2D eigenvalue weighted by molar-refractivity contribution is 0.745. The smallest absolute Gasteiger partial charge is 0.264 e. The Morgan fingerprint density at radius 3 is 2.63 bits per heavy atom. The van der Waals surface area contributed by atoms with E-state index in [2.05, 4.69) is 16.1 Å². The standard InChI is InChI=1S/C20H16Cl2N4O/c1-12-3-6-18(13(2)7-12)26-19-16(9-24-26)20(27)25(11-23-19)10-14-4-5-15(21)8-17(14)22/h3-9,11H,10H2,1-2H3. The fraction of sp³-hybridized carbons (Fsp3) is 0.150. The third-order valence-corrected chi connectivity index (χ3v) is 5.08. The number of rotatable bonds is 3. The zero-order chi connectivity index (χ0) is 19.1. The number of aromatic nitrogens is 4. The Labute approximate surface area is 165 Å². The van der Waals surface area contributed by atoms with Crippen molar-refractivity contribution in [3.05, 3.63) is 86.0 Å². The minimum Gasteiger partial charge on any atom is -0.294 e. The van der Waals surface area contributed by atoms with E-state index in [-0.39, 0.29) is 5.56 Å². The van der Waals surface area contributed by atoms with Gasteiger partial charge in [0, 0.05) is 10.0 Å². The molecule has 0 saturated carbocycles. The maximum atomic E-state index is 12.9. The number of hydrogen-bond donors (Lipinski definition) is 0. The molecule has 0 spiro atoms. The van der Waals surface area contributed by atoms with Gasteiger partial charge < -0.3 is 0 Å².